The molecule has 0 aliphatic carbocycles. The molecule has 0 spiro atoms. The summed E-state index contributed by atoms with van der Waals surface area (Å²) in [5.41, 5.74) is 2.09. The lowest BCUT2D eigenvalue weighted by molar-refractivity contribution is -0.157. The summed E-state index contributed by atoms with van der Waals surface area (Å²) in [6.45, 7) is 6.61. The molecule has 1 unspecified atom stereocenters. The summed E-state index contributed by atoms with van der Waals surface area (Å²) < 4.78 is 10.4. The topological polar surface area (TPSA) is 35.5 Å². The number of esters is 1. The van der Waals surface area contributed by atoms with E-state index in [0.717, 1.165) is 12.0 Å². The molecule has 0 saturated heterocycles. The molecule has 3 nitrogen and oxygen atoms in total. The van der Waals surface area contributed by atoms with E-state index in [0.29, 0.717) is 13.2 Å². The Hall–Kier alpha value is -1.35. The molecular formula is C14H20O3. The number of aryl methyl sites for hydroxylation is 1. The molecule has 1 rings (SSSR count). The second kappa shape index (κ2) is 7.07. The third-order valence-electron chi connectivity index (χ3n) is 2.52. The first-order valence-electron chi connectivity index (χ1n) is 6.09. The first-order valence-corrected chi connectivity index (χ1v) is 6.09. The zero-order valence-electron chi connectivity index (χ0n) is 10.7. The molecule has 0 heterocycles. The minimum absolute atomic E-state index is 0.321. The molecule has 0 amide bonds. The highest BCUT2D eigenvalue weighted by Crippen LogP contribution is 2.20. The molecule has 1 aromatic rings. The van der Waals surface area contributed by atoms with Gasteiger partial charge in [0.1, 0.15) is 0 Å². The SMILES string of the molecule is CCOC(=O)C(OCC)c1ccc(CC)cc1. The Kier molecular flexibility index (Phi) is 5.70. The maximum Gasteiger partial charge on any atom is 0.339 e. The molecule has 0 saturated carbocycles. The van der Waals surface area contributed by atoms with Gasteiger partial charge in [-0.15, -0.1) is 0 Å². The fraction of sp³-hybridized carbons (Fsp3) is 0.500. The second-order valence-corrected chi connectivity index (χ2v) is 3.68. The third kappa shape index (κ3) is 3.86. The van der Waals surface area contributed by atoms with E-state index in [1.54, 1.807) is 6.92 Å². The molecule has 0 radical (unpaired) electrons. The van der Waals surface area contributed by atoms with Crippen molar-refractivity contribution in [1.29, 1.82) is 0 Å². The van der Waals surface area contributed by atoms with Gasteiger partial charge in [-0.1, -0.05) is 31.2 Å². The number of ether oxygens (including phenoxy) is 2. The van der Waals surface area contributed by atoms with E-state index in [1.165, 1.54) is 5.56 Å². The minimum Gasteiger partial charge on any atom is -0.464 e. The monoisotopic (exact) mass is 236 g/mol. The fourth-order valence-electron chi connectivity index (χ4n) is 1.61. The molecule has 0 aliphatic rings. The van der Waals surface area contributed by atoms with Crippen LogP contribution in [0.5, 0.6) is 0 Å². The van der Waals surface area contributed by atoms with E-state index in [1.807, 2.05) is 31.2 Å². The van der Waals surface area contributed by atoms with Gasteiger partial charge in [-0.25, -0.2) is 4.79 Å². The maximum atomic E-state index is 11.7. The smallest absolute Gasteiger partial charge is 0.339 e. The normalized spacial score (nSPS) is 12.2. The van der Waals surface area contributed by atoms with Crippen LogP contribution in [0.15, 0.2) is 24.3 Å². The summed E-state index contributed by atoms with van der Waals surface area (Å²) in [6.07, 6.45) is 0.379. The number of carbonyl (C=O) groups excluding carboxylic acids is 1. The Labute approximate surface area is 103 Å². The van der Waals surface area contributed by atoms with Crippen LogP contribution in [0, 0.1) is 0 Å². The van der Waals surface area contributed by atoms with Gasteiger partial charge in [-0.05, 0) is 31.4 Å². The average Bonchev–Trinajstić information content (AvgIpc) is 2.36. The van der Waals surface area contributed by atoms with Crippen molar-refractivity contribution in [2.45, 2.75) is 33.3 Å². The molecule has 94 valence electrons. The van der Waals surface area contributed by atoms with Crippen LogP contribution >= 0.6 is 0 Å². The van der Waals surface area contributed by atoms with Crippen molar-refractivity contribution in [3.8, 4) is 0 Å². The lowest BCUT2D eigenvalue weighted by Crippen LogP contribution is -2.19. The van der Waals surface area contributed by atoms with Crippen LogP contribution < -0.4 is 0 Å². The number of rotatable bonds is 6. The van der Waals surface area contributed by atoms with E-state index in [2.05, 4.69) is 6.92 Å². The quantitative estimate of drug-likeness (QED) is 0.712. The highest BCUT2D eigenvalue weighted by Gasteiger charge is 2.21. The van der Waals surface area contributed by atoms with Crippen LogP contribution in [0.25, 0.3) is 0 Å². The Bertz CT molecular complexity index is 343. The van der Waals surface area contributed by atoms with E-state index >= 15 is 0 Å². The molecule has 0 aromatic heterocycles. The molecule has 0 N–H and O–H groups in total. The number of benzene rings is 1. The number of carbonyl (C=O) groups is 1. The zero-order chi connectivity index (χ0) is 12.7. The van der Waals surface area contributed by atoms with Gasteiger partial charge in [0, 0.05) is 6.61 Å². The Morgan fingerprint density at radius 1 is 1.12 bits per heavy atom. The van der Waals surface area contributed by atoms with Gasteiger partial charge in [0.25, 0.3) is 0 Å². The second-order valence-electron chi connectivity index (χ2n) is 3.68. The van der Waals surface area contributed by atoms with Gasteiger partial charge in [0.05, 0.1) is 6.61 Å². The van der Waals surface area contributed by atoms with Gasteiger partial charge in [-0.3, -0.25) is 0 Å². The Balaban J connectivity index is 2.84. The van der Waals surface area contributed by atoms with Gasteiger partial charge < -0.3 is 9.47 Å². The van der Waals surface area contributed by atoms with Gasteiger partial charge in [0.15, 0.2) is 6.10 Å². The van der Waals surface area contributed by atoms with Crippen LogP contribution in [-0.2, 0) is 20.7 Å². The average molecular weight is 236 g/mol. The third-order valence-corrected chi connectivity index (χ3v) is 2.52. The van der Waals surface area contributed by atoms with Crippen LogP contribution in [0.2, 0.25) is 0 Å². The van der Waals surface area contributed by atoms with Crippen molar-refractivity contribution in [2.75, 3.05) is 13.2 Å². The number of hydrogen-bond donors (Lipinski definition) is 0. The molecule has 0 bridgehead atoms. The molecule has 1 aromatic carbocycles. The Morgan fingerprint density at radius 2 is 1.76 bits per heavy atom. The van der Waals surface area contributed by atoms with E-state index in [-0.39, 0.29) is 5.97 Å². The first-order chi connectivity index (χ1) is 8.22. The van der Waals surface area contributed by atoms with Gasteiger partial charge in [0.2, 0.25) is 0 Å². The number of hydrogen-bond acceptors (Lipinski definition) is 3. The standard InChI is InChI=1S/C14H20O3/c1-4-11-7-9-12(10-8-11)13(16-5-2)14(15)17-6-3/h7-10,13H,4-6H2,1-3H3. The molecular weight excluding hydrogens is 216 g/mol. The van der Waals surface area contributed by atoms with Gasteiger partial charge >= 0.3 is 5.97 Å². The van der Waals surface area contributed by atoms with E-state index < -0.39 is 6.10 Å². The van der Waals surface area contributed by atoms with Crippen molar-refractivity contribution >= 4 is 5.97 Å². The lowest BCUT2D eigenvalue weighted by Gasteiger charge is -2.16. The van der Waals surface area contributed by atoms with Crippen molar-refractivity contribution < 1.29 is 14.3 Å². The zero-order valence-corrected chi connectivity index (χ0v) is 10.7. The van der Waals surface area contributed by atoms with Crippen LogP contribution in [-0.4, -0.2) is 19.2 Å². The summed E-state index contributed by atoms with van der Waals surface area (Å²) >= 11 is 0. The van der Waals surface area contributed by atoms with Crippen molar-refractivity contribution in [3.63, 3.8) is 0 Å². The summed E-state index contributed by atoms with van der Waals surface area (Å²) in [5.74, 6) is -0.321. The molecule has 0 aliphatic heterocycles. The van der Waals surface area contributed by atoms with Crippen molar-refractivity contribution in [3.05, 3.63) is 35.4 Å². The van der Waals surface area contributed by atoms with Crippen LogP contribution in [0.4, 0.5) is 0 Å². The predicted octanol–water partition coefficient (Wildman–Crippen LogP) is 2.89. The van der Waals surface area contributed by atoms with Crippen LogP contribution in [0.3, 0.4) is 0 Å². The minimum atomic E-state index is -0.606. The molecule has 1 atom stereocenters. The highest BCUT2D eigenvalue weighted by molar-refractivity contribution is 5.76. The first kappa shape index (κ1) is 13.7. The molecule has 3 heteroatoms. The highest BCUT2D eigenvalue weighted by atomic mass is 16.6. The lowest BCUT2D eigenvalue weighted by atomic mass is 10.1. The summed E-state index contributed by atoms with van der Waals surface area (Å²) in [5, 5.41) is 0. The largest absolute Gasteiger partial charge is 0.464 e. The summed E-state index contributed by atoms with van der Waals surface area (Å²) in [7, 11) is 0. The van der Waals surface area contributed by atoms with E-state index in [9.17, 15) is 4.79 Å². The van der Waals surface area contributed by atoms with Crippen molar-refractivity contribution in [1.82, 2.24) is 0 Å². The van der Waals surface area contributed by atoms with Crippen molar-refractivity contribution in [2.24, 2.45) is 0 Å². The Morgan fingerprint density at radius 3 is 2.24 bits per heavy atom. The maximum absolute atomic E-state index is 11.7. The summed E-state index contributed by atoms with van der Waals surface area (Å²) in [6, 6.07) is 7.88. The van der Waals surface area contributed by atoms with Gasteiger partial charge in [-0.2, -0.15) is 0 Å². The molecule has 17 heavy (non-hydrogen) atoms. The van der Waals surface area contributed by atoms with Crippen LogP contribution in [0.1, 0.15) is 38.0 Å². The van der Waals surface area contributed by atoms with E-state index in [4.69, 9.17) is 9.47 Å². The fourth-order valence-corrected chi connectivity index (χ4v) is 1.61. The predicted molar refractivity (Wildman–Crippen MR) is 66.8 cm³/mol. The molecule has 0 fully saturated rings. The summed E-state index contributed by atoms with van der Waals surface area (Å²) in [4.78, 5) is 11.7.